The molecule has 0 aromatic heterocycles. The van der Waals surface area contributed by atoms with Gasteiger partial charge in [-0.1, -0.05) is 18.2 Å². The fourth-order valence-electron chi connectivity index (χ4n) is 3.43. The van der Waals surface area contributed by atoms with Gasteiger partial charge < -0.3 is 15.1 Å². The van der Waals surface area contributed by atoms with E-state index in [9.17, 15) is 18.0 Å². The SMILES string of the molecule is CC(=O)Nc1ccc(S(=O)(=O)N[C@@H](C)C(=O)N2CCN(C)c3ccccc3C2)cc1. The third-order valence-corrected chi connectivity index (χ3v) is 6.53. The van der Waals surface area contributed by atoms with E-state index in [1.54, 1.807) is 11.8 Å². The summed E-state index contributed by atoms with van der Waals surface area (Å²) in [5.41, 5.74) is 2.59. The van der Waals surface area contributed by atoms with E-state index < -0.39 is 16.1 Å². The molecule has 2 aromatic rings. The first-order valence-electron chi connectivity index (χ1n) is 9.65. The summed E-state index contributed by atoms with van der Waals surface area (Å²) in [6.45, 7) is 4.51. The van der Waals surface area contributed by atoms with Crippen molar-refractivity contribution in [2.75, 3.05) is 30.4 Å². The van der Waals surface area contributed by atoms with Crippen molar-refractivity contribution in [1.82, 2.24) is 9.62 Å². The Kier molecular flexibility index (Phi) is 6.42. The minimum Gasteiger partial charge on any atom is -0.373 e. The topological polar surface area (TPSA) is 98.8 Å². The molecule has 2 aromatic carbocycles. The van der Waals surface area contributed by atoms with E-state index in [0.29, 0.717) is 25.3 Å². The van der Waals surface area contributed by atoms with Gasteiger partial charge in [-0.25, -0.2) is 8.42 Å². The van der Waals surface area contributed by atoms with Crippen LogP contribution in [0.15, 0.2) is 53.4 Å². The van der Waals surface area contributed by atoms with Crippen molar-refractivity contribution in [2.24, 2.45) is 0 Å². The fraction of sp³-hybridized carbons (Fsp3) is 0.333. The highest BCUT2D eigenvalue weighted by Gasteiger charge is 2.28. The van der Waals surface area contributed by atoms with Gasteiger partial charge >= 0.3 is 0 Å². The standard InChI is InChI=1S/C21H26N4O4S/c1-15(23-30(28,29)19-10-8-18(9-11-19)22-16(2)26)21(27)25-13-12-24(3)20-7-5-4-6-17(20)14-25/h4-11,15,23H,12-14H2,1-3H3,(H,22,26)/t15-/m0/s1. The molecule has 160 valence electrons. The Morgan fingerprint density at radius 3 is 2.37 bits per heavy atom. The van der Waals surface area contributed by atoms with Crippen LogP contribution in [-0.4, -0.2) is 51.3 Å². The summed E-state index contributed by atoms with van der Waals surface area (Å²) in [6.07, 6.45) is 0. The summed E-state index contributed by atoms with van der Waals surface area (Å²) in [7, 11) is -1.91. The lowest BCUT2D eigenvalue weighted by atomic mass is 10.1. The van der Waals surface area contributed by atoms with Gasteiger partial charge in [-0.2, -0.15) is 4.72 Å². The predicted octanol–water partition coefficient (Wildman–Crippen LogP) is 1.79. The number of para-hydroxylation sites is 1. The third-order valence-electron chi connectivity index (χ3n) is 4.97. The number of fused-ring (bicyclic) bond motifs is 1. The summed E-state index contributed by atoms with van der Waals surface area (Å²) >= 11 is 0. The number of amides is 2. The molecular weight excluding hydrogens is 404 g/mol. The molecule has 1 aliphatic rings. The van der Waals surface area contributed by atoms with Crippen molar-refractivity contribution >= 4 is 33.2 Å². The van der Waals surface area contributed by atoms with Gasteiger partial charge in [0.15, 0.2) is 0 Å². The smallest absolute Gasteiger partial charge is 0.241 e. The molecule has 0 unspecified atom stereocenters. The zero-order valence-corrected chi connectivity index (χ0v) is 18.1. The van der Waals surface area contributed by atoms with Crippen LogP contribution in [0.2, 0.25) is 0 Å². The Morgan fingerprint density at radius 2 is 1.70 bits per heavy atom. The lowest BCUT2D eigenvalue weighted by molar-refractivity contribution is -0.133. The number of nitrogens with one attached hydrogen (secondary N) is 2. The number of hydrogen-bond donors (Lipinski definition) is 2. The second kappa shape index (κ2) is 8.85. The van der Waals surface area contributed by atoms with Crippen molar-refractivity contribution in [2.45, 2.75) is 31.3 Å². The minimum atomic E-state index is -3.89. The van der Waals surface area contributed by atoms with E-state index in [2.05, 4.69) is 14.9 Å². The number of hydrogen-bond acceptors (Lipinski definition) is 5. The van der Waals surface area contributed by atoms with Crippen LogP contribution in [0.4, 0.5) is 11.4 Å². The number of likely N-dealkylation sites (N-methyl/N-ethyl adjacent to an activating group) is 1. The first kappa shape index (κ1) is 21.8. The lowest BCUT2D eigenvalue weighted by Crippen LogP contribution is -2.47. The first-order valence-corrected chi connectivity index (χ1v) is 11.1. The van der Waals surface area contributed by atoms with Gasteiger partial charge in [-0.05, 0) is 42.8 Å². The van der Waals surface area contributed by atoms with Crippen LogP contribution in [0.1, 0.15) is 19.4 Å². The molecule has 2 N–H and O–H groups in total. The van der Waals surface area contributed by atoms with Gasteiger partial charge in [0.2, 0.25) is 21.8 Å². The highest BCUT2D eigenvalue weighted by Crippen LogP contribution is 2.24. The van der Waals surface area contributed by atoms with E-state index in [0.717, 1.165) is 11.3 Å². The Balaban J connectivity index is 1.71. The maximum Gasteiger partial charge on any atom is 0.241 e. The molecule has 0 saturated carbocycles. The summed E-state index contributed by atoms with van der Waals surface area (Å²) in [5.74, 6) is -0.522. The average Bonchev–Trinajstić information content (AvgIpc) is 2.86. The maximum atomic E-state index is 13.0. The molecule has 0 aliphatic carbocycles. The molecule has 2 amide bonds. The normalized spacial score (nSPS) is 15.2. The van der Waals surface area contributed by atoms with E-state index in [1.165, 1.54) is 31.2 Å². The maximum absolute atomic E-state index is 13.0. The molecule has 1 aliphatic heterocycles. The molecule has 0 bridgehead atoms. The van der Waals surface area contributed by atoms with Gasteiger partial charge in [0.1, 0.15) is 0 Å². The van der Waals surface area contributed by atoms with E-state index >= 15 is 0 Å². The summed E-state index contributed by atoms with van der Waals surface area (Å²) in [5, 5.41) is 2.58. The van der Waals surface area contributed by atoms with Crippen LogP contribution >= 0.6 is 0 Å². The van der Waals surface area contributed by atoms with Gasteiger partial charge in [-0.15, -0.1) is 0 Å². The Bertz CT molecular complexity index is 1040. The van der Waals surface area contributed by atoms with Crippen molar-refractivity contribution in [1.29, 1.82) is 0 Å². The lowest BCUT2D eigenvalue weighted by Gasteiger charge is -2.25. The van der Waals surface area contributed by atoms with Crippen LogP contribution in [-0.2, 0) is 26.2 Å². The van der Waals surface area contributed by atoms with E-state index in [4.69, 9.17) is 0 Å². The van der Waals surface area contributed by atoms with E-state index in [-0.39, 0.29) is 16.7 Å². The van der Waals surface area contributed by atoms with Crippen LogP contribution < -0.4 is 14.9 Å². The first-order chi connectivity index (χ1) is 14.2. The van der Waals surface area contributed by atoms with Gasteiger partial charge in [0.25, 0.3) is 0 Å². The minimum absolute atomic E-state index is 0.0252. The molecule has 1 heterocycles. The second-order valence-corrected chi connectivity index (χ2v) is 9.07. The zero-order chi connectivity index (χ0) is 21.9. The number of carbonyl (C=O) groups is 2. The highest BCUT2D eigenvalue weighted by atomic mass is 32.2. The van der Waals surface area contributed by atoms with Crippen LogP contribution in [0.3, 0.4) is 0 Å². The zero-order valence-electron chi connectivity index (χ0n) is 17.3. The van der Waals surface area contributed by atoms with Gasteiger partial charge in [0.05, 0.1) is 10.9 Å². The Morgan fingerprint density at radius 1 is 1.03 bits per heavy atom. The largest absolute Gasteiger partial charge is 0.373 e. The fourth-order valence-corrected chi connectivity index (χ4v) is 4.62. The number of nitrogens with zero attached hydrogens (tertiary/aromatic N) is 2. The van der Waals surface area contributed by atoms with Crippen LogP contribution in [0.25, 0.3) is 0 Å². The highest BCUT2D eigenvalue weighted by molar-refractivity contribution is 7.89. The molecule has 3 rings (SSSR count). The Labute approximate surface area is 176 Å². The van der Waals surface area contributed by atoms with Crippen molar-refractivity contribution in [3.63, 3.8) is 0 Å². The number of anilines is 2. The summed E-state index contributed by atoms with van der Waals surface area (Å²) < 4.78 is 27.9. The van der Waals surface area contributed by atoms with E-state index in [1.807, 2.05) is 31.3 Å². The molecule has 0 spiro atoms. The molecule has 9 heteroatoms. The predicted molar refractivity (Wildman–Crippen MR) is 116 cm³/mol. The summed E-state index contributed by atoms with van der Waals surface area (Å²) in [4.78, 5) is 27.9. The average molecular weight is 431 g/mol. The number of benzene rings is 2. The number of sulfonamides is 1. The van der Waals surface area contributed by atoms with Crippen LogP contribution in [0.5, 0.6) is 0 Å². The second-order valence-electron chi connectivity index (χ2n) is 7.36. The van der Waals surface area contributed by atoms with Crippen molar-refractivity contribution in [3.05, 3.63) is 54.1 Å². The van der Waals surface area contributed by atoms with Gasteiger partial charge in [0, 0.05) is 45.0 Å². The molecule has 30 heavy (non-hydrogen) atoms. The number of carbonyl (C=O) groups excluding carboxylic acids is 2. The molecule has 0 fully saturated rings. The summed E-state index contributed by atoms with van der Waals surface area (Å²) in [6, 6.07) is 12.7. The van der Waals surface area contributed by atoms with Crippen molar-refractivity contribution in [3.8, 4) is 0 Å². The molecule has 1 atom stereocenters. The monoisotopic (exact) mass is 430 g/mol. The molecule has 0 saturated heterocycles. The molecule has 0 radical (unpaired) electrons. The Hall–Kier alpha value is -2.91. The third kappa shape index (κ3) is 4.98. The quantitative estimate of drug-likeness (QED) is 0.754. The van der Waals surface area contributed by atoms with Gasteiger partial charge in [-0.3, -0.25) is 9.59 Å². The number of rotatable bonds is 5. The molecular formula is C21H26N4O4S. The van der Waals surface area contributed by atoms with Crippen molar-refractivity contribution < 1.29 is 18.0 Å². The van der Waals surface area contributed by atoms with Crippen LogP contribution in [0, 0.1) is 0 Å². The molecule has 8 nitrogen and oxygen atoms in total.